The predicted octanol–water partition coefficient (Wildman–Crippen LogP) is 0.507. The van der Waals surface area contributed by atoms with Gasteiger partial charge in [0, 0.05) is 31.5 Å². The zero-order valence-electron chi connectivity index (χ0n) is 15.2. The third kappa shape index (κ3) is 3.41. The average Bonchev–Trinajstić information content (AvgIpc) is 3.12. The number of carbonyl (C=O) groups excluding carboxylic acids is 2. The van der Waals surface area contributed by atoms with Crippen LogP contribution in [0.25, 0.3) is 0 Å². The van der Waals surface area contributed by atoms with Gasteiger partial charge in [-0.1, -0.05) is 24.3 Å². The highest BCUT2D eigenvalue weighted by molar-refractivity contribution is 5.80. The highest BCUT2D eigenvalue weighted by atomic mass is 16.3. The fourth-order valence-corrected chi connectivity index (χ4v) is 4.28. The lowest BCUT2D eigenvalue weighted by molar-refractivity contribution is -0.135. The molecule has 2 aliphatic heterocycles. The maximum Gasteiger partial charge on any atom is 0.248 e. The Balaban J connectivity index is 1.90. The van der Waals surface area contributed by atoms with Crippen molar-refractivity contribution in [1.29, 1.82) is 0 Å². The number of nitrogens with zero attached hydrogens (tertiary/aromatic N) is 3. The summed E-state index contributed by atoms with van der Waals surface area (Å²) in [6.07, 6.45) is 0. The topological polar surface area (TPSA) is 64.1 Å². The van der Waals surface area contributed by atoms with Gasteiger partial charge in [-0.2, -0.15) is 0 Å². The van der Waals surface area contributed by atoms with E-state index in [-0.39, 0.29) is 29.7 Å². The van der Waals surface area contributed by atoms with Gasteiger partial charge in [-0.25, -0.2) is 0 Å². The van der Waals surface area contributed by atoms with Crippen LogP contribution < -0.4 is 0 Å². The van der Waals surface area contributed by atoms with E-state index in [2.05, 4.69) is 19.1 Å². The molecule has 2 amide bonds. The van der Waals surface area contributed by atoms with E-state index in [1.54, 1.807) is 4.90 Å². The Morgan fingerprint density at radius 3 is 2.52 bits per heavy atom. The number of hydrogen-bond donors (Lipinski definition) is 1. The molecule has 0 unspecified atom stereocenters. The van der Waals surface area contributed by atoms with Crippen molar-refractivity contribution < 1.29 is 14.7 Å². The summed E-state index contributed by atoms with van der Waals surface area (Å²) in [5, 5.41) is 9.16. The number of aliphatic hydroxyl groups excluding tert-OH is 1. The van der Waals surface area contributed by atoms with Crippen LogP contribution in [-0.2, 0) is 9.59 Å². The van der Waals surface area contributed by atoms with E-state index in [1.807, 2.05) is 36.0 Å². The number of hydrogen-bond acceptors (Lipinski definition) is 4. The van der Waals surface area contributed by atoms with Gasteiger partial charge in [0.1, 0.15) is 6.61 Å². The molecule has 0 radical (unpaired) electrons. The second kappa shape index (κ2) is 7.14. The Hall–Kier alpha value is -1.92. The molecular formula is C19H27N3O3. The molecule has 1 aromatic rings. The summed E-state index contributed by atoms with van der Waals surface area (Å²) in [5.74, 6) is 0.408. The van der Waals surface area contributed by atoms with E-state index in [0.29, 0.717) is 26.2 Å². The van der Waals surface area contributed by atoms with Crippen LogP contribution >= 0.6 is 0 Å². The van der Waals surface area contributed by atoms with Gasteiger partial charge < -0.3 is 19.8 Å². The van der Waals surface area contributed by atoms with Crippen molar-refractivity contribution in [3.8, 4) is 0 Å². The summed E-state index contributed by atoms with van der Waals surface area (Å²) in [7, 11) is 3.80. The van der Waals surface area contributed by atoms with Crippen LogP contribution in [-0.4, -0.2) is 78.5 Å². The van der Waals surface area contributed by atoms with E-state index < -0.39 is 6.61 Å². The summed E-state index contributed by atoms with van der Waals surface area (Å²) in [4.78, 5) is 30.4. The van der Waals surface area contributed by atoms with Gasteiger partial charge in [0.2, 0.25) is 11.8 Å². The first-order chi connectivity index (χ1) is 11.9. The van der Waals surface area contributed by atoms with E-state index in [0.717, 1.165) is 0 Å². The van der Waals surface area contributed by atoms with Gasteiger partial charge in [-0.05, 0) is 32.1 Å². The van der Waals surface area contributed by atoms with Crippen molar-refractivity contribution in [2.24, 2.45) is 11.8 Å². The standard InChI is InChI=1S/C19H27N3O3/c1-13-6-4-5-7-15(13)19-16-10-21(18(25)12-23)8-14(16)9-22(19)17(24)11-20(2)3/h4-7,14,16,19,23H,8-12H2,1-3H3/t14-,16-,19+/m1/s1. The van der Waals surface area contributed by atoms with Gasteiger partial charge >= 0.3 is 0 Å². The minimum atomic E-state index is -0.447. The van der Waals surface area contributed by atoms with Crippen molar-refractivity contribution in [1.82, 2.24) is 14.7 Å². The van der Waals surface area contributed by atoms with Crippen molar-refractivity contribution in [3.05, 3.63) is 35.4 Å². The molecule has 0 aromatic heterocycles. The molecule has 1 N–H and O–H groups in total. The highest BCUT2D eigenvalue weighted by Gasteiger charge is 2.50. The molecule has 6 heteroatoms. The lowest BCUT2D eigenvalue weighted by atomic mass is 9.87. The second-order valence-corrected chi connectivity index (χ2v) is 7.47. The van der Waals surface area contributed by atoms with Gasteiger partial charge in [0.05, 0.1) is 12.6 Å². The molecule has 3 atom stereocenters. The van der Waals surface area contributed by atoms with Crippen molar-refractivity contribution >= 4 is 11.8 Å². The summed E-state index contributed by atoms with van der Waals surface area (Å²) >= 11 is 0. The van der Waals surface area contributed by atoms with E-state index in [1.165, 1.54) is 11.1 Å². The van der Waals surface area contributed by atoms with E-state index in [9.17, 15) is 9.59 Å². The Morgan fingerprint density at radius 2 is 1.88 bits per heavy atom. The van der Waals surface area contributed by atoms with Gasteiger partial charge in [0.15, 0.2) is 0 Å². The van der Waals surface area contributed by atoms with E-state index >= 15 is 0 Å². The molecule has 2 aliphatic rings. The first kappa shape index (κ1) is 17.9. The molecule has 2 fully saturated rings. The fraction of sp³-hybridized carbons (Fsp3) is 0.579. The number of amides is 2. The monoisotopic (exact) mass is 345 g/mol. The third-order valence-electron chi connectivity index (χ3n) is 5.43. The summed E-state index contributed by atoms with van der Waals surface area (Å²) < 4.78 is 0. The normalized spacial score (nSPS) is 25.6. The number of fused-ring (bicyclic) bond motifs is 1. The van der Waals surface area contributed by atoms with Gasteiger partial charge in [0.25, 0.3) is 0 Å². The maximum absolute atomic E-state index is 12.8. The van der Waals surface area contributed by atoms with E-state index in [4.69, 9.17) is 5.11 Å². The van der Waals surface area contributed by atoms with Crippen LogP contribution in [0.4, 0.5) is 0 Å². The molecule has 0 bridgehead atoms. The summed E-state index contributed by atoms with van der Waals surface area (Å²) in [6.45, 7) is 3.92. The SMILES string of the molecule is Cc1ccccc1[C@H]1[C@@H]2CN(C(=O)CO)C[C@@H]2CN1C(=O)CN(C)C. The molecule has 1 aromatic carbocycles. The number of likely N-dealkylation sites (tertiary alicyclic amines) is 2. The molecular weight excluding hydrogens is 318 g/mol. The maximum atomic E-state index is 12.8. The second-order valence-electron chi connectivity index (χ2n) is 7.47. The van der Waals surface area contributed by atoms with Crippen LogP contribution in [0.5, 0.6) is 0 Å². The van der Waals surface area contributed by atoms with Crippen LogP contribution in [0.15, 0.2) is 24.3 Å². The average molecular weight is 345 g/mol. The van der Waals surface area contributed by atoms with Gasteiger partial charge in [-0.15, -0.1) is 0 Å². The van der Waals surface area contributed by atoms with Crippen LogP contribution in [0.2, 0.25) is 0 Å². The van der Waals surface area contributed by atoms with Crippen molar-refractivity contribution in [2.45, 2.75) is 13.0 Å². The minimum Gasteiger partial charge on any atom is -0.387 e. The number of aliphatic hydroxyl groups is 1. The molecule has 0 spiro atoms. The molecule has 25 heavy (non-hydrogen) atoms. The molecule has 6 nitrogen and oxygen atoms in total. The largest absolute Gasteiger partial charge is 0.387 e. The van der Waals surface area contributed by atoms with Crippen molar-refractivity contribution in [2.75, 3.05) is 46.9 Å². The van der Waals surface area contributed by atoms with Crippen LogP contribution in [0.1, 0.15) is 17.2 Å². The molecule has 3 rings (SSSR count). The van der Waals surface area contributed by atoms with Crippen molar-refractivity contribution in [3.63, 3.8) is 0 Å². The number of carbonyl (C=O) groups is 2. The lowest BCUT2D eigenvalue weighted by Gasteiger charge is -2.31. The summed E-state index contributed by atoms with van der Waals surface area (Å²) in [6, 6.07) is 8.18. The first-order valence-corrected chi connectivity index (χ1v) is 8.80. The zero-order chi connectivity index (χ0) is 18.1. The quantitative estimate of drug-likeness (QED) is 0.864. The van der Waals surface area contributed by atoms with Gasteiger partial charge in [-0.3, -0.25) is 9.59 Å². The molecule has 136 valence electrons. The highest BCUT2D eigenvalue weighted by Crippen LogP contribution is 2.45. The molecule has 0 aliphatic carbocycles. The Morgan fingerprint density at radius 1 is 1.16 bits per heavy atom. The third-order valence-corrected chi connectivity index (χ3v) is 5.43. The molecule has 2 heterocycles. The Kier molecular flexibility index (Phi) is 5.11. The van der Waals surface area contributed by atoms with Crippen LogP contribution in [0, 0.1) is 18.8 Å². The lowest BCUT2D eigenvalue weighted by Crippen LogP contribution is -2.41. The molecule has 0 saturated carbocycles. The minimum absolute atomic E-state index is 0.00450. The molecule has 2 saturated heterocycles. The Bertz CT molecular complexity index is 661. The van der Waals surface area contributed by atoms with Crippen LogP contribution in [0.3, 0.4) is 0 Å². The number of likely N-dealkylation sites (N-methyl/N-ethyl adjacent to an activating group) is 1. The first-order valence-electron chi connectivity index (χ1n) is 8.80. The smallest absolute Gasteiger partial charge is 0.248 e. The zero-order valence-corrected chi connectivity index (χ0v) is 15.2. The number of aryl methyl sites for hydroxylation is 1. The predicted molar refractivity (Wildman–Crippen MR) is 94.8 cm³/mol. The fourth-order valence-electron chi connectivity index (χ4n) is 4.28. The Labute approximate surface area is 149 Å². The summed E-state index contributed by atoms with van der Waals surface area (Å²) in [5.41, 5.74) is 2.34. The number of rotatable bonds is 4. The number of benzene rings is 1.